The zero-order valence-corrected chi connectivity index (χ0v) is 14.2. The summed E-state index contributed by atoms with van der Waals surface area (Å²) in [5.41, 5.74) is 2.41. The van der Waals surface area contributed by atoms with Crippen LogP contribution in [0.25, 0.3) is 10.2 Å². The molecule has 2 N–H and O–H groups in total. The van der Waals surface area contributed by atoms with Crippen LogP contribution in [-0.2, 0) is 4.79 Å². The Morgan fingerprint density at radius 1 is 1.17 bits per heavy atom. The summed E-state index contributed by atoms with van der Waals surface area (Å²) in [5, 5.41) is 21.0. The molecule has 5 nitrogen and oxygen atoms in total. The van der Waals surface area contributed by atoms with Gasteiger partial charge >= 0.3 is 0 Å². The summed E-state index contributed by atoms with van der Waals surface area (Å²) >= 11 is 1.27. The van der Waals surface area contributed by atoms with Crippen molar-refractivity contribution >= 4 is 33.1 Å². The number of fused-ring (bicyclic) bond motifs is 1. The van der Waals surface area contributed by atoms with E-state index in [1.807, 2.05) is 49.4 Å². The number of aryl methyl sites for hydroxylation is 1. The van der Waals surface area contributed by atoms with Crippen LogP contribution in [0, 0.1) is 6.92 Å². The van der Waals surface area contributed by atoms with Crippen LogP contribution in [0.5, 0.6) is 0 Å². The van der Waals surface area contributed by atoms with Crippen LogP contribution in [0.4, 0.5) is 5.69 Å². The predicted octanol–water partition coefficient (Wildman–Crippen LogP) is 2.66. The molecule has 0 bridgehead atoms. The smallest absolute Gasteiger partial charge is 0.258 e. The maximum atomic E-state index is 12.5. The third-order valence-electron chi connectivity index (χ3n) is 3.84. The lowest BCUT2D eigenvalue weighted by Gasteiger charge is -2.23. The lowest BCUT2D eigenvalue weighted by atomic mass is 10.1. The number of hydrogen-bond donors (Lipinski definition) is 2. The van der Waals surface area contributed by atoms with Gasteiger partial charge in [-0.15, -0.1) is 11.3 Å². The Bertz CT molecular complexity index is 844. The number of anilines is 1. The second kappa shape index (κ2) is 6.68. The second-order valence-corrected chi connectivity index (χ2v) is 6.71. The van der Waals surface area contributed by atoms with Crippen molar-refractivity contribution in [3.8, 4) is 0 Å². The van der Waals surface area contributed by atoms with Gasteiger partial charge in [0.25, 0.3) is 5.91 Å². The first-order valence-corrected chi connectivity index (χ1v) is 8.35. The zero-order chi connectivity index (χ0) is 17.3. The fourth-order valence-electron chi connectivity index (χ4n) is 2.45. The molecule has 2 unspecified atom stereocenters. The lowest BCUT2D eigenvalue weighted by molar-refractivity contribution is -0.132. The van der Waals surface area contributed by atoms with E-state index in [1.165, 1.54) is 16.2 Å². The van der Waals surface area contributed by atoms with Crippen molar-refractivity contribution in [3.05, 3.63) is 59.1 Å². The van der Waals surface area contributed by atoms with E-state index in [2.05, 4.69) is 4.98 Å². The van der Waals surface area contributed by atoms with Crippen molar-refractivity contribution < 1.29 is 15.0 Å². The molecule has 0 aliphatic heterocycles. The molecular formula is C18H18N2O3S. The molecule has 2 atom stereocenters. The summed E-state index contributed by atoms with van der Waals surface area (Å²) in [7, 11) is 1.57. The van der Waals surface area contributed by atoms with Gasteiger partial charge in [-0.25, -0.2) is 4.98 Å². The Hall–Kier alpha value is -2.28. The van der Waals surface area contributed by atoms with Crippen molar-refractivity contribution in [1.29, 1.82) is 0 Å². The van der Waals surface area contributed by atoms with Gasteiger partial charge in [-0.2, -0.15) is 0 Å². The van der Waals surface area contributed by atoms with Gasteiger partial charge in [0.05, 0.1) is 10.2 Å². The molecule has 1 aromatic heterocycles. The molecule has 0 saturated heterocycles. The maximum absolute atomic E-state index is 12.5. The number of amides is 1. The number of aliphatic hydroxyl groups excluding tert-OH is 2. The fourth-order valence-corrected chi connectivity index (χ4v) is 3.43. The molecule has 0 aliphatic carbocycles. The van der Waals surface area contributed by atoms with Gasteiger partial charge in [-0.05, 0) is 36.8 Å². The van der Waals surface area contributed by atoms with E-state index in [4.69, 9.17) is 0 Å². The quantitative estimate of drug-likeness (QED) is 0.764. The number of likely N-dealkylation sites (N-methyl/N-ethyl adjacent to an activating group) is 1. The number of carbonyl (C=O) groups is 1. The van der Waals surface area contributed by atoms with E-state index >= 15 is 0 Å². The molecule has 2 aromatic carbocycles. The number of nitrogens with zero attached hydrogens (tertiary/aromatic N) is 2. The largest absolute Gasteiger partial charge is 0.383 e. The van der Waals surface area contributed by atoms with E-state index < -0.39 is 18.1 Å². The normalized spacial score (nSPS) is 13.7. The van der Waals surface area contributed by atoms with Crippen molar-refractivity contribution in [2.24, 2.45) is 0 Å². The first-order valence-electron chi connectivity index (χ1n) is 7.53. The lowest BCUT2D eigenvalue weighted by Crippen LogP contribution is -2.40. The van der Waals surface area contributed by atoms with Crippen molar-refractivity contribution in [2.75, 3.05) is 11.9 Å². The molecular weight excluding hydrogens is 324 g/mol. The minimum Gasteiger partial charge on any atom is -0.383 e. The van der Waals surface area contributed by atoms with E-state index in [1.54, 1.807) is 13.1 Å². The van der Waals surface area contributed by atoms with Gasteiger partial charge in [-0.3, -0.25) is 4.79 Å². The number of aliphatic hydroxyl groups is 2. The van der Waals surface area contributed by atoms with Gasteiger partial charge < -0.3 is 15.1 Å². The van der Waals surface area contributed by atoms with Crippen LogP contribution in [-0.4, -0.2) is 34.3 Å². The number of carbonyl (C=O) groups excluding carboxylic acids is 1. The molecule has 1 amide bonds. The molecule has 0 radical (unpaired) electrons. The van der Waals surface area contributed by atoms with Crippen molar-refractivity contribution in [1.82, 2.24) is 4.98 Å². The van der Waals surface area contributed by atoms with Crippen LogP contribution in [0.15, 0.2) is 48.5 Å². The third kappa shape index (κ3) is 3.17. The van der Waals surface area contributed by atoms with Gasteiger partial charge in [0, 0.05) is 12.7 Å². The second-order valence-electron chi connectivity index (χ2n) is 5.65. The molecule has 0 aliphatic rings. The molecule has 124 valence electrons. The van der Waals surface area contributed by atoms with Crippen LogP contribution < -0.4 is 4.90 Å². The SMILES string of the molecule is Cc1cccc(N(C)C(=O)C(O)C(O)c2nc3ccccc3s2)c1. The highest BCUT2D eigenvalue weighted by atomic mass is 32.1. The summed E-state index contributed by atoms with van der Waals surface area (Å²) in [6.07, 6.45) is -2.93. The Morgan fingerprint density at radius 2 is 1.92 bits per heavy atom. The van der Waals surface area contributed by atoms with Crippen LogP contribution in [0.2, 0.25) is 0 Å². The summed E-state index contributed by atoms with van der Waals surface area (Å²) in [6.45, 7) is 1.92. The molecule has 6 heteroatoms. The molecule has 1 heterocycles. The standard InChI is InChI=1S/C18H18N2O3S/c1-11-6-5-7-12(10-11)20(2)18(23)16(22)15(21)17-19-13-8-3-4-9-14(13)24-17/h3-10,15-16,21-22H,1-2H3. The number of hydrogen-bond acceptors (Lipinski definition) is 5. The van der Waals surface area contributed by atoms with E-state index in [0.717, 1.165) is 15.8 Å². The molecule has 3 rings (SSSR count). The van der Waals surface area contributed by atoms with Crippen molar-refractivity contribution in [3.63, 3.8) is 0 Å². The van der Waals surface area contributed by atoms with E-state index in [-0.39, 0.29) is 0 Å². The van der Waals surface area contributed by atoms with Crippen molar-refractivity contribution in [2.45, 2.75) is 19.1 Å². The number of thiazole rings is 1. The molecule has 0 saturated carbocycles. The number of para-hydroxylation sites is 1. The van der Waals surface area contributed by atoms with Gasteiger partial charge in [0.15, 0.2) is 6.10 Å². The first kappa shape index (κ1) is 16.6. The van der Waals surface area contributed by atoms with Gasteiger partial charge in [0.1, 0.15) is 11.1 Å². The van der Waals surface area contributed by atoms with Crippen LogP contribution in [0.3, 0.4) is 0 Å². The minimum atomic E-state index is -1.57. The molecule has 24 heavy (non-hydrogen) atoms. The molecule has 3 aromatic rings. The van der Waals surface area contributed by atoms with Crippen LogP contribution in [0.1, 0.15) is 16.7 Å². The maximum Gasteiger partial charge on any atom is 0.258 e. The highest BCUT2D eigenvalue weighted by molar-refractivity contribution is 7.18. The summed E-state index contributed by atoms with van der Waals surface area (Å²) in [5.74, 6) is -0.577. The number of aromatic nitrogens is 1. The van der Waals surface area contributed by atoms with E-state index in [9.17, 15) is 15.0 Å². The zero-order valence-electron chi connectivity index (χ0n) is 13.4. The van der Waals surface area contributed by atoms with Gasteiger partial charge in [0.2, 0.25) is 0 Å². The highest BCUT2D eigenvalue weighted by Crippen LogP contribution is 2.29. The Balaban J connectivity index is 1.81. The summed E-state index contributed by atoms with van der Waals surface area (Å²) < 4.78 is 0.901. The predicted molar refractivity (Wildman–Crippen MR) is 95.2 cm³/mol. The summed E-state index contributed by atoms with van der Waals surface area (Å²) in [6, 6.07) is 14.8. The monoisotopic (exact) mass is 342 g/mol. The Labute approximate surface area is 143 Å². The average Bonchev–Trinajstić information content (AvgIpc) is 3.03. The van der Waals surface area contributed by atoms with Gasteiger partial charge in [-0.1, -0.05) is 24.3 Å². The minimum absolute atomic E-state index is 0.328. The number of rotatable bonds is 4. The first-order chi connectivity index (χ1) is 11.5. The third-order valence-corrected chi connectivity index (χ3v) is 4.94. The molecule has 0 spiro atoms. The highest BCUT2D eigenvalue weighted by Gasteiger charge is 2.31. The topological polar surface area (TPSA) is 73.7 Å². The number of benzene rings is 2. The molecule has 0 fully saturated rings. The van der Waals surface area contributed by atoms with E-state index in [0.29, 0.717) is 10.7 Å². The Morgan fingerprint density at radius 3 is 2.62 bits per heavy atom. The average molecular weight is 342 g/mol. The Kier molecular flexibility index (Phi) is 4.62. The summed E-state index contributed by atoms with van der Waals surface area (Å²) in [4.78, 5) is 18.1. The van der Waals surface area contributed by atoms with Crippen LogP contribution >= 0.6 is 11.3 Å². The fraction of sp³-hybridized carbons (Fsp3) is 0.222.